The van der Waals surface area contributed by atoms with E-state index in [4.69, 9.17) is 5.73 Å². The van der Waals surface area contributed by atoms with Gasteiger partial charge in [0.15, 0.2) is 0 Å². The number of hydrogen-bond donors (Lipinski definition) is 1. The van der Waals surface area contributed by atoms with Crippen molar-refractivity contribution in [3.05, 3.63) is 24.0 Å². The molecule has 2 N–H and O–H groups in total. The van der Waals surface area contributed by atoms with Gasteiger partial charge in [-0.2, -0.15) is 0 Å². The molecule has 1 heterocycles. The minimum Gasteiger partial charge on any atom is -0.370 e. The Morgan fingerprint density at radius 1 is 1.22 bits per heavy atom. The van der Waals surface area contributed by atoms with E-state index in [0.717, 1.165) is 24.7 Å². The van der Waals surface area contributed by atoms with E-state index >= 15 is 0 Å². The Bertz CT molecular complexity index is 328. The smallest absolute Gasteiger partial charge is 0.0569 e. The van der Waals surface area contributed by atoms with E-state index < -0.39 is 0 Å². The third-order valence-corrected chi connectivity index (χ3v) is 3.62. The fourth-order valence-corrected chi connectivity index (χ4v) is 2.13. The summed E-state index contributed by atoms with van der Waals surface area (Å²) in [7, 11) is 0. The molecule has 0 saturated heterocycles. The predicted molar refractivity (Wildman–Crippen MR) is 78.8 cm³/mol. The van der Waals surface area contributed by atoms with Gasteiger partial charge in [-0.15, -0.1) is 0 Å². The van der Waals surface area contributed by atoms with E-state index in [9.17, 15) is 0 Å². The first-order valence-electron chi connectivity index (χ1n) is 7.08. The summed E-state index contributed by atoms with van der Waals surface area (Å²) in [5.74, 6) is 0.762. The largest absolute Gasteiger partial charge is 0.370 e. The van der Waals surface area contributed by atoms with Crippen LogP contribution in [0.2, 0.25) is 0 Å². The summed E-state index contributed by atoms with van der Waals surface area (Å²) in [6.45, 7) is 10.8. The van der Waals surface area contributed by atoms with Gasteiger partial charge in [-0.3, -0.25) is 4.98 Å². The van der Waals surface area contributed by atoms with Crippen LogP contribution < -0.4 is 10.6 Å². The standard InChI is InChI=1S/C15H27N3/c1-5-13(6-2)11-18(7-3)14-8-9-15(12(4)16)17-10-14/h8-10,12-13H,5-7,11,16H2,1-4H3/t12-/m0/s1. The maximum atomic E-state index is 5.82. The molecule has 0 bridgehead atoms. The van der Waals surface area contributed by atoms with Gasteiger partial charge in [-0.05, 0) is 31.9 Å². The monoisotopic (exact) mass is 249 g/mol. The summed E-state index contributed by atoms with van der Waals surface area (Å²) in [4.78, 5) is 6.84. The zero-order valence-corrected chi connectivity index (χ0v) is 12.2. The Morgan fingerprint density at radius 2 is 1.89 bits per heavy atom. The SMILES string of the molecule is CCC(CC)CN(CC)c1ccc([C@H](C)N)nc1. The molecule has 1 rings (SSSR count). The number of rotatable bonds is 7. The van der Waals surface area contributed by atoms with Crippen LogP contribution in [-0.2, 0) is 0 Å². The minimum atomic E-state index is 0.00755. The second-order valence-electron chi connectivity index (χ2n) is 4.95. The molecule has 0 aliphatic rings. The normalized spacial score (nSPS) is 12.8. The molecule has 0 spiro atoms. The lowest BCUT2D eigenvalue weighted by Crippen LogP contribution is -2.29. The number of aromatic nitrogens is 1. The number of nitrogens with two attached hydrogens (primary N) is 1. The van der Waals surface area contributed by atoms with Crippen LogP contribution >= 0.6 is 0 Å². The lowest BCUT2D eigenvalue weighted by atomic mass is 10.0. The van der Waals surface area contributed by atoms with E-state index in [1.54, 1.807) is 0 Å². The van der Waals surface area contributed by atoms with Crippen molar-refractivity contribution in [2.24, 2.45) is 11.7 Å². The summed E-state index contributed by atoms with van der Waals surface area (Å²) in [6, 6.07) is 4.18. The summed E-state index contributed by atoms with van der Waals surface area (Å²) in [5, 5.41) is 0. The maximum Gasteiger partial charge on any atom is 0.0569 e. The Balaban J connectivity index is 2.75. The third kappa shape index (κ3) is 3.98. The molecule has 18 heavy (non-hydrogen) atoms. The molecular formula is C15H27N3. The van der Waals surface area contributed by atoms with Crippen molar-refractivity contribution in [3.63, 3.8) is 0 Å². The molecule has 3 heteroatoms. The maximum absolute atomic E-state index is 5.82. The van der Waals surface area contributed by atoms with Crippen molar-refractivity contribution in [2.75, 3.05) is 18.0 Å². The van der Waals surface area contributed by atoms with Crippen LogP contribution in [0.25, 0.3) is 0 Å². The van der Waals surface area contributed by atoms with E-state index in [1.807, 2.05) is 19.2 Å². The van der Waals surface area contributed by atoms with Gasteiger partial charge in [0, 0.05) is 19.1 Å². The molecule has 0 unspecified atom stereocenters. The number of nitrogens with zero attached hydrogens (tertiary/aromatic N) is 2. The van der Waals surface area contributed by atoms with E-state index in [2.05, 4.69) is 36.7 Å². The van der Waals surface area contributed by atoms with Gasteiger partial charge in [-0.25, -0.2) is 0 Å². The zero-order chi connectivity index (χ0) is 13.5. The summed E-state index contributed by atoms with van der Waals surface area (Å²) >= 11 is 0. The molecule has 0 radical (unpaired) electrons. The quantitative estimate of drug-likeness (QED) is 0.805. The first-order chi connectivity index (χ1) is 8.62. The van der Waals surface area contributed by atoms with Gasteiger partial charge in [0.25, 0.3) is 0 Å². The molecule has 1 aromatic heterocycles. The van der Waals surface area contributed by atoms with Gasteiger partial charge in [0.2, 0.25) is 0 Å². The van der Waals surface area contributed by atoms with E-state index in [-0.39, 0.29) is 6.04 Å². The van der Waals surface area contributed by atoms with Crippen molar-refractivity contribution < 1.29 is 0 Å². The number of anilines is 1. The lowest BCUT2D eigenvalue weighted by molar-refractivity contribution is 0.486. The average Bonchev–Trinajstić information content (AvgIpc) is 2.40. The minimum absolute atomic E-state index is 0.00755. The van der Waals surface area contributed by atoms with E-state index in [1.165, 1.54) is 18.5 Å². The Kier molecular flexibility index (Phi) is 6.13. The summed E-state index contributed by atoms with van der Waals surface area (Å²) < 4.78 is 0. The molecule has 102 valence electrons. The number of hydrogen-bond acceptors (Lipinski definition) is 3. The molecular weight excluding hydrogens is 222 g/mol. The first kappa shape index (κ1) is 15.0. The second-order valence-corrected chi connectivity index (χ2v) is 4.95. The molecule has 3 nitrogen and oxygen atoms in total. The molecule has 0 aromatic carbocycles. The van der Waals surface area contributed by atoms with Crippen LogP contribution in [0, 0.1) is 5.92 Å². The predicted octanol–water partition coefficient (Wildman–Crippen LogP) is 3.36. The van der Waals surface area contributed by atoms with Gasteiger partial charge in [0.05, 0.1) is 17.6 Å². The number of pyridine rings is 1. The lowest BCUT2D eigenvalue weighted by Gasteiger charge is -2.27. The van der Waals surface area contributed by atoms with Crippen molar-refractivity contribution in [3.8, 4) is 0 Å². The first-order valence-corrected chi connectivity index (χ1v) is 7.08. The molecule has 0 amide bonds. The van der Waals surface area contributed by atoms with Crippen molar-refractivity contribution >= 4 is 5.69 Å². The van der Waals surface area contributed by atoms with Gasteiger partial charge >= 0.3 is 0 Å². The summed E-state index contributed by atoms with van der Waals surface area (Å²) in [6.07, 6.45) is 4.42. The molecule has 0 saturated carbocycles. The molecule has 1 aromatic rings. The zero-order valence-electron chi connectivity index (χ0n) is 12.2. The highest BCUT2D eigenvalue weighted by Gasteiger charge is 2.11. The highest BCUT2D eigenvalue weighted by Crippen LogP contribution is 2.19. The molecule has 0 aliphatic heterocycles. The topological polar surface area (TPSA) is 42.1 Å². The fourth-order valence-electron chi connectivity index (χ4n) is 2.13. The molecule has 0 fully saturated rings. The Hall–Kier alpha value is -1.09. The van der Waals surface area contributed by atoms with Crippen LogP contribution in [0.3, 0.4) is 0 Å². The van der Waals surface area contributed by atoms with Crippen LogP contribution in [0.1, 0.15) is 52.3 Å². The third-order valence-electron chi connectivity index (χ3n) is 3.62. The van der Waals surface area contributed by atoms with Gasteiger partial charge < -0.3 is 10.6 Å². The van der Waals surface area contributed by atoms with Crippen molar-refractivity contribution in [1.29, 1.82) is 0 Å². The van der Waals surface area contributed by atoms with Crippen molar-refractivity contribution in [2.45, 2.75) is 46.6 Å². The highest BCUT2D eigenvalue weighted by molar-refractivity contribution is 5.44. The molecule has 1 atom stereocenters. The van der Waals surface area contributed by atoms with E-state index in [0.29, 0.717) is 0 Å². The Morgan fingerprint density at radius 3 is 2.28 bits per heavy atom. The van der Waals surface area contributed by atoms with Crippen LogP contribution in [0.5, 0.6) is 0 Å². The Labute approximate surface area is 111 Å². The van der Waals surface area contributed by atoms with Crippen LogP contribution in [0.15, 0.2) is 18.3 Å². The van der Waals surface area contributed by atoms with Gasteiger partial charge in [0.1, 0.15) is 0 Å². The van der Waals surface area contributed by atoms with Crippen LogP contribution in [0.4, 0.5) is 5.69 Å². The van der Waals surface area contributed by atoms with Crippen LogP contribution in [-0.4, -0.2) is 18.1 Å². The fraction of sp³-hybridized carbons (Fsp3) is 0.667. The average molecular weight is 249 g/mol. The van der Waals surface area contributed by atoms with Gasteiger partial charge in [-0.1, -0.05) is 26.7 Å². The highest BCUT2D eigenvalue weighted by atomic mass is 15.1. The molecule has 0 aliphatic carbocycles. The summed E-state index contributed by atoms with van der Waals surface area (Å²) in [5.41, 5.74) is 7.98. The van der Waals surface area contributed by atoms with Crippen molar-refractivity contribution in [1.82, 2.24) is 4.98 Å². The second kappa shape index (κ2) is 7.37.